The Balaban J connectivity index is 1.90. The average molecular weight is 342 g/mol. The largest absolute Gasteiger partial charge is 0.471 e. The maximum Gasteiger partial charge on any atom is 0.471 e. The molecule has 1 aromatic rings. The molecule has 2 heterocycles. The molecule has 1 N–H and O–H groups in total. The molecule has 8 heteroatoms. The lowest BCUT2D eigenvalue weighted by Crippen LogP contribution is -2.55. The van der Waals surface area contributed by atoms with Crippen molar-refractivity contribution in [2.45, 2.75) is 38.7 Å². The first-order valence-electron chi connectivity index (χ1n) is 7.60. The molecule has 0 bridgehead atoms. The van der Waals surface area contributed by atoms with Crippen LogP contribution >= 0.6 is 0 Å². The molecule has 130 valence electrons. The van der Waals surface area contributed by atoms with Gasteiger partial charge >= 0.3 is 18.1 Å². The van der Waals surface area contributed by atoms with E-state index in [2.05, 4.69) is 5.32 Å². The van der Waals surface area contributed by atoms with E-state index >= 15 is 0 Å². The number of nitrogens with zero attached hydrogens (tertiary/aromatic N) is 1. The Morgan fingerprint density at radius 2 is 2.04 bits per heavy atom. The van der Waals surface area contributed by atoms with E-state index in [-0.39, 0.29) is 25.7 Å². The number of rotatable bonds is 1. The second-order valence-corrected chi connectivity index (χ2v) is 6.21. The predicted octanol–water partition coefficient (Wildman–Crippen LogP) is 2.09. The summed E-state index contributed by atoms with van der Waals surface area (Å²) in [5, 5.41) is 3.23. The first-order valence-corrected chi connectivity index (χ1v) is 7.60. The third kappa shape index (κ3) is 2.86. The van der Waals surface area contributed by atoms with Gasteiger partial charge in [0, 0.05) is 24.7 Å². The lowest BCUT2D eigenvalue weighted by atomic mass is 9.92. The van der Waals surface area contributed by atoms with Crippen LogP contribution in [0, 0.1) is 6.92 Å². The zero-order chi connectivity index (χ0) is 17.6. The number of hydrogen-bond acceptors (Lipinski definition) is 4. The van der Waals surface area contributed by atoms with Gasteiger partial charge in [0.15, 0.2) is 0 Å². The van der Waals surface area contributed by atoms with Gasteiger partial charge in [-0.3, -0.25) is 4.79 Å². The highest BCUT2D eigenvalue weighted by Crippen LogP contribution is 2.31. The smallest absolute Gasteiger partial charge is 0.457 e. The maximum absolute atomic E-state index is 12.7. The number of alkyl halides is 3. The van der Waals surface area contributed by atoms with Gasteiger partial charge in [0.25, 0.3) is 0 Å². The topological polar surface area (TPSA) is 58.6 Å². The van der Waals surface area contributed by atoms with Crippen LogP contribution in [0.1, 0.15) is 40.0 Å². The summed E-state index contributed by atoms with van der Waals surface area (Å²) in [5.74, 6) is -2.21. The van der Waals surface area contributed by atoms with Gasteiger partial charge in [0.1, 0.15) is 6.61 Å². The van der Waals surface area contributed by atoms with Crippen molar-refractivity contribution in [3.63, 3.8) is 0 Å². The number of ether oxygens (including phenoxy) is 1. The van der Waals surface area contributed by atoms with E-state index in [4.69, 9.17) is 4.74 Å². The Hall–Kier alpha value is -2.09. The lowest BCUT2D eigenvalue weighted by molar-refractivity contribution is -0.187. The number of nitrogens with one attached hydrogen (secondary N) is 1. The lowest BCUT2D eigenvalue weighted by Gasteiger charge is -2.38. The second kappa shape index (κ2) is 5.77. The Morgan fingerprint density at radius 3 is 2.71 bits per heavy atom. The zero-order valence-electron chi connectivity index (χ0n) is 13.2. The van der Waals surface area contributed by atoms with Crippen molar-refractivity contribution >= 4 is 11.9 Å². The summed E-state index contributed by atoms with van der Waals surface area (Å²) in [7, 11) is 0. The van der Waals surface area contributed by atoms with Crippen LogP contribution in [0.15, 0.2) is 12.1 Å². The van der Waals surface area contributed by atoms with Crippen molar-refractivity contribution in [3.05, 3.63) is 34.4 Å². The number of fused-ring (bicyclic) bond motifs is 1. The number of carbonyl (C=O) groups excluding carboxylic acids is 2. The van der Waals surface area contributed by atoms with E-state index in [9.17, 15) is 22.8 Å². The first kappa shape index (κ1) is 16.8. The van der Waals surface area contributed by atoms with Crippen LogP contribution in [0.5, 0.6) is 0 Å². The molecule has 24 heavy (non-hydrogen) atoms. The molecule has 0 unspecified atom stereocenters. The van der Waals surface area contributed by atoms with Crippen LogP contribution in [0.4, 0.5) is 13.2 Å². The fourth-order valence-electron chi connectivity index (χ4n) is 3.35. The van der Waals surface area contributed by atoms with Crippen molar-refractivity contribution in [1.82, 2.24) is 10.2 Å². The Morgan fingerprint density at radius 1 is 1.33 bits per heavy atom. The summed E-state index contributed by atoms with van der Waals surface area (Å²) in [6, 6.07) is 2.64. The monoisotopic (exact) mass is 342 g/mol. The van der Waals surface area contributed by atoms with Crippen LogP contribution in [-0.4, -0.2) is 42.1 Å². The van der Waals surface area contributed by atoms with Gasteiger partial charge in [-0.1, -0.05) is 6.07 Å². The summed E-state index contributed by atoms with van der Waals surface area (Å²) in [4.78, 5) is 24.0. The molecule has 2 aliphatic heterocycles. The van der Waals surface area contributed by atoms with Crippen molar-refractivity contribution in [1.29, 1.82) is 0 Å². The number of carbonyl (C=O) groups is 2. The minimum atomic E-state index is -4.88. The van der Waals surface area contributed by atoms with Crippen LogP contribution in [0.25, 0.3) is 0 Å². The quantitative estimate of drug-likeness (QED) is 0.794. The number of cyclic esters (lactones) is 1. The molecule has 1 fully saturated rings. The van der Waals surface area contributed by atoms with Crippen molar-refractivity contribution in [2.75, 3.05) is 13.1 Å². The van der Waals surface area contributed by atoms with Crippen LogP contribution in [0.2, 0.25) is 0 Å². The van der Waals surface area contributed by atoms with Crippen LogP contribution in [0.3, 0.4) is 0 Å². The molecule has 3 rings (SSSR count). The highest BCUT2D eigenvalue weighted by Gasteiger charge is 2.44. The highest BCUT2D eigenvalue weighted by molar-refractivity contribution is 5.94. The van der Waals surface area contributed by atoms with Crippen molar-refractivity contribution in [3.8, 4) is 0 Å². The molecule has 1 aromatic carbocycles. The minimum Gasteiger partial charge on any atom is -0.457 e. The zero-order valence-corrected chi connectivity index (χ0v) is 13.2. The standard InChI is InChI=1S/C16H17F3N2O3/c1-8-5-21(15(23)16(17,18)19)6-13(20-8)10-3-4-11-12(9(10)2)7-24-14(11)22/h3-4,8,13,20H,5-7H2,1-2H3/t8-,13-/m0/s1. The molecule has 0 spiro atoms. The van der Waals surface area contributed by atoms with Gasteiger partial charge in [0.2, 0.25) is 0 Å². The fraction of sp³-hybridized carbons (Fsp3) is 0.500. The van der Waals surface area contributed by atoms with Gasteiger partial charge in [-0.2, -0.15) is 13.2 Å². The number of benzene rings is 1. The molecule has 0 aliphatic carbocycles. The summed E-state index contributed by atoms with van der Waals surface area (Å²) < 4.78 is 43.2. The van der Waals surface area contributed by atoms with E-state index < -0.39 is 24.1 Å². The predicted molar refractivity (Wildman–Crippen MR) is 78.3 cm³/mol. The van der Waals surface area contributed by atoms with E-state index in [1.165, 1.54) is 0 Å². The molecular formula is C16H17F3N2O3. The van der Waals surface area contributed by atoms with Crippen molar-refractivity contribution < 1.29 is 27.5 Å². The minimum absolute atomic E-state index is 0.000425. The fourth-order valence-corrected chi connectivity index (χ4v) is 3.35. The normalized spacial score (nSPS) is 23.9. The van der Waals surface area contributed by atoms with E-state index in [0.717, 1.165) is 21.6 Å². The Labute approximate surface area is 136 Å². The molecular weight excluding hydrogens is 325 g/mol. The van der Waals surface area contributed by atoms with Gasteiger partial charge in [-0.15, -0.1) is 0 Å². The van der Waals surface area contributed by atoms with E-state index in [1.807, 2.05) is 6.92 Å². The number of halogens is 3. The molecule has 1 amide bonds. The van der Waals surface area contributed by atoms with Crippen LogP contribution in [-0.2, 0) is 16.1 Å². The molecule has 2 aliphatic rings. The van der Waals surface area contributed by atoms with E-state index in [1.54, 1.807) is 19.1 Å². The third-order valence-corrected chi connectivity index (χ3v) is 4.50. The summed E-state index contributed by atoms with van der Waals surface area (Å²) in [5.41, 5.74) is 2.83. The van der Waals surface area contributed by atoms with Gasteiger partial charge in [-0.25, -0.2) is 4.79 Å². The first-order chi connectivity index (χ1) is 11.2. The van der Waals surface area contributed by atoms with E-state index in [0.29, 0.717) is 5.56 Å². The Kier molecular flexibility index (Phi) is 4.03. The average Bonchev–Trinajstić information content (AvgIpc) is 2.87. The summed E-state index contributed by atoms with van der Waals surface area (Å²) in [6.07, 6.45) is -4.88. The molecule has 0 aromatic heterocycles. The van der Waals surface area contributed by atoms with Gasteiger partial charge in [0.05, 0.1) is 11.6 Å². The molecule has 0 radical (unpaired) electrons. The highest BCUT2D eigenvalue weighted by atomic mass is 19.4. The number of amides is 1. The third-order valence-electron chi connectivity index (χ3n) is 4.50. The maximum atomic E-state index is 12.7. The summed E-state index contributed by atoms with van der Waals surface area (Å²) in [6.45, 7) is 3.64. The Bertz CT molecular complexity index is 703. The second-order valence-electron chi connectivity index (χ2n) is 6.21. The van der Waals surface area contributed by atoms with Gasteiger partial charge in [-0.05, 0) is 31.0 Å². The number of piperazine rings is 1. The molecule has 0 saturated carbocycles. The number of hydrogen-bond donors (Lipinski definition) is 1. The SMILES string of the molecule is Cc1c([C@@H]2CN(C(=O)C(F)(F)F)C[C@H](C)N2)ccc2c1COC2=O. The molecule has 2 atom stereocenters. The van der Waals surface area contributed by atoms with Gasteiger partial charge < -0.3 is 15.0 Å². The number of esters is 1. The van der Waals surface area contributed by atoms with Crippen molar-refractivity contribution in [2.24, 2.45) is 0 Å². The molecule has 1 saturated heterocycles. The molecule has 5 nitrogen and oxygen atoms in total. The summed E-state index contributed by atoms with van der Waals surface area (Å²) >= 11 is 0. The van der Waals surface area contributed by atoms with Crippen LogP contribution < -0.4 is 5.32 Å².